The molecule has 0 unspecified atom stereocenters. The first-order valence-electron chi connectivity index (χ1n) is 11.4. The molecule has 3 atom stereocenters. The Kier molecular flexibility index (Phi) is 7.29. The highest BCUT2D eigenvalue weighted by Crippen LogP contribution is 2.49. The van der Waals surface area contributed by atoms with Gasteiger partial charge in [-0.3, -0.25) is 9.69 Å². The van der Waals surface area contributed by atoms with Crippen LogP contribution in [0.5, 0.6) is 11.5 Å². The summed E-state index contributed by atoms with van der Waals surface area (Å²) in [6.45, 7) is 12.8. The Morgan fingerprint density at radius 2 is 1.78 bits per heavy atom. The Balaban J connectivity index is 0.000000222. The van der Waals surface area contributed by atoms with Crippen LogP contribution in [0, 0.1) is 5.92 Å². The van der Waals surface area contributed by atoms with Gasteiger partial charge in [-0.1, -0.05) is 31.6 Å². The summed E-state index contributed by atoms with van der Waals surface area (Å²) < 4.78 is 0. The molecule has 2 aromatic rings. The number of amides is 1. The number of phenols is 2. The number of allylic oxidation sites excluding steroid dienone is 1. The molecule has 1 aliphatic heterocycles. The highest BCUT2D eigenvalue weighted by Gasteiger charge is 2.48. The van der Waals surface area contributed by atoms with E-state index in [4.69, 9.17) is 5.11 Å². The van der Waals surface area contributed by atoms with E-state index in [0.717, 1.165) is 19.5 Å². The van der Waals surface area contributed by atoms with Gasteiger partial charge in [0.15, 0.2) is 0 Å². The summed E-state index contributed by atoms with van der Waals surface area (Å²) in [5.41, 5.74) is 5.11. The first kappa shape index (κ1) is 23.9. The standard InChI is InChI=1S/C19H27NO.C8H9NO2/c1-13(2)7-9-20-10-8-19(4)14(3)18(20)11-15-5-6-16(21)12-17(15)19;1-6(10)9-7-2-4-8(11)5-3-7/h5-7,12,14,18,21H,8-11H2,1-4H3;2-5,11H,1H3,(H,9,10)/t14-,18+,19+;/m1./s1. The predicted molar refractivity (Wildman–Crippen MR) is 130 cm³/mol. The molecule has 1 fully saturated rings. The molecule has 1 aliphatic carbocycles. The van der Waals surface area contributed by atoms with Crippen molar-refractivity contribution in [2.45, 2.75) is 58.9 Å². The number of phenolic OH excluding ortho intramolecular Hbond substituents is 2. The van der Waals surface area contributed by atoms with Crippen LogP contribution in [0.15, 0.2) is 54.1 Å². The fourth-order valence-corrected chi connectivity index (χ4v) is 4.97. The third-order valence-corrected chi connectivity index (χ3v) is 7.03. The number of aromatic hydroxyl groups is 2. The second kappa shape index (κ2) is 9.78. The van der Waals surface area contributed by atoms with Gasteiger partial charge in [0.05, 0.1) is 0 Å². The number of benzene rings is 2. The molecule has 4 rings (SSSR count). The van der Waals surface area contributed by atoms with Crippen molar-refractivity contribution in [3.63, 3.8) is 0 Å². The molecule has 0 radical (unpaired) electrons. The molecule has 2 bridgehead atoms. The van der Waals surface area contributed by atoms with Crippen LogP contribution in [0.1, 0.15) is 52.2 Å². The molecule has 172 valence electrons. The number of hydrogen-bond acceptors (Lipinski definition) is 4. The molecule has 1 heterocycles. The molecule has 2 aliphatic rings. The van der Waals surface area contributed by atoms with Crippen LogP contribution in [-0.2, 0) is 16.6 Å². The van der Waals surface area contributed by atoms with E-state index in [1.54, 1.807) is 12.1 Å². The van der Waals surface area contributed by atoms with Crippen molar-refractivity contribution >= 4 is 11.6 Å². The van der Waals surface area contributed by atoms with Crippen LogP contribution in [0.3, 0.4) is 0 Å². The molecule has 1 saturated heterocycles. The maximum atomic E-state index is 10.5. The Morgan fingerprint density at radius 3 is 2.41 bits per heavy atom. The van der Waals surface area contributed by atoms with Crippen molar-refractivity contribution in [3.05, 3.63) is 65.2 Å². The fourth-order valence-electron chi connectivity index (χ4n) is 4.97. The Bertz CT molecular complexity index is 979. The summed E-state index contributed by atoms with van der Waals surface area (Å²) in [7, 11) is 0. The van der Waals surface area contributed by atoms with Gasteiger partial charge in [-0.25, -0.2) is 0 Å². The van der Waals surface area contributed by atoms with Crippen molar-refractivity contribution in [2.75, 3.05) is 18.4 Å². The lowest BCUT2D eigenvalue weighted by molar-refractivity contribution is -0.114. The lowest BCUT2D eigenvalue weighted by Gasteiger charge is -2.54. The van der Waals surface area contributed by atoms with Crippen molar-refractivity contribution in [3.8, 4) is 11.5 Å². The van der Waals surface area contributed by atoms with E-state index in [9.17, 15) is 9.90 Å². The third-order valence-electron chi connectivity index (χ3n) is 7.03. The number of piperidine rings is 1. The number of rotatable bonds is 3. The van der Waals surface area contributed by atoms with Crippen LogP contribution in [-0.4, -0.2) is 40.2 Å². The van der Waals surface area contributed by atoms with Gasteiger partial charge < -0.3 is 15.5 Å². The topological polar surface area (TPSA) is 72.8 Å². The quantitative estimate of drug-likeness (QED) is 0.455. The summed E-state index contributed by atoms with van der Waals surface area (Å²) >= 11 is 0. The number of hydrogen-bond donors (Lipinski definition) is 3. The number of nitrogens with zero attached hydrogens (tertiary/aromatic N) is 1. The van der Waals surface area contributed by atoms with Gasteiger partial charge in [0, 0.05) is 25.2 Å². The monoisotopic (exact) mass is 436 g/mol. The third kappa shape index (κ3) is 5.33. The van der Waals surface area contributed by atoms with E-state index in [-0.39, 0.29) is 17.1 Å². The summed E-state index contributed by atoms with van der Waals surface area (Å²) in [4.78, 5) is 13.2. The van der Waals surface area contributed by atoms with E-state index in [2.05, 4.69) is 50.1 Å². The van der Waals surface area contributed by atoms with E-state index < -0.39 is 0 Å². The number of likely N-dealkylation sites (tertiary alicyclic amines) is 1. The SMILES string of the molecule is CC(=O)Nc1ccc(O)cc1.CC(C)=CCN1CC[C@]2(C)c3cc(O)ccc3C[C@H]1[C@H]2C. The molecule has 0 aromatic heterocycles. The molecular formula is C27H36N2O3. The minimum atomic E-state index is -0.115. The molecule has 3 N–H and O–H groups in total. The molecule has 0 saturated carbocycles. The van der Waals surface area contributed by atoms with Crippen molar-refractivity contribution in [1.82, 2.24) is 4.90 Å². The average molecular weight is 437 g/mol. The van der Waals surface area contributed by atoms with Gasteiger partial charge in [-0.2, -0.15) is 0 Å². The van der Waals surface area contributed by atoms with E-state index >= 15 is 0 Å². The predicted octanol–water partition coefficient (Wildman–Crippen LogP) is 5.23. The van der Waals surface area contributed by atoms with E-state index in [0.29, 0.717) is 23.4 Å². The van der Waals surface area contributed by atoms with Crippen LogP contribution >= 0.6 is 0 Å². The van der Waals surface area contributed by atoms with E-state index in [1.165, 1.54) is 42.2 Å². The van der Waals surface area contributed by atoms with Gasteiger partial charge in [0.1, 0.15) is 11.5 Å². The minimum Gasteiger partial charge on any atom is -0.508 e. The lowest BCUT2D eigenvalue weighted by Crippen LogP contribution is -2.57. The number of carbonyl (C=O) groups is 1. The van der Waals surface area contributed by atoms with Gasteiger partial charge in [-0.15, -0.1) is 0 Å². The Labute approximate surface area is 191 Å². The highest BCUT2D eigenvalue weighted by atomic mass is 16.3. The summed E-state index contributed by atoms with van der Waals surface area (Å²) in [6.07, 6.45) is 4.64. The van der Waals surface area contributed by atoms with Crippen molar-refractivity contribution in [1.29, 1.82) is 0 Å². The number of carbonyl (C=O) groups excluding carboxylic acids is 1. The first-order valence-corrected chi connectivity index (χ1v) is 11.4. The van der Waals surface area contributed by atoms with Crippen LogP contribution in [0.2, 0.25) is 0 Å². The first-order chi connectivity index (χ1) is 15.1. The molecule has 5 heteroatoms. The largest absolute Gasteiger partial charge is 0.508 e. The molecule has 2 aromatic carbocycles. The molecule has 0 spiro atoms. The average Bonchev–Trinajstić information content (AvgIpc) is 2.72. The van der Waals surface area contributed by atoms with Gasteiger partial charge in [0.25, 0.3) is 0 Å². The number of fused-ring (bicyclic) bond motifs is 4. The van der Waals surface area contributed by atoms with Gasteiger partial charge in [-0.05, 0) is 92.1 Å². The van der Waals surface area contributed by atoms with Crippen LogP contribution in [0.4, 0.5) is 5.69 Å². The smallest absolute Gasteiger partial charge is 0.221 e. The summed E-state index contributed by atoms with van der Waals surface area (Å²) in [5, 5.41) is 21.3. The van der Waals surface area contributed by atoms with Gasteiger partial charge in [0.2, 0.25) is 5.91 Å². The van der Waals surface area contributed by atoms with Crippen LogP contribution < -0.4 is 5.32 Å². The molecule has 32 heavy (non-hydrogen) atoms. The maximum Gasteiger partial charge on any atom is 0.221 e. The molecule has 5 nitrogen and oxygen atoms in total. The number of anilines is 1. The summed E-state index contributed by atoms with van der Waals surface area (Å²) in [5.74, 6) is 1.12. The second-order valence-electron chi connectivity index (χ2n) is 9.57. The van der Waals surface area contributed by atoms with Crippen molar-refractivity contribution < 1.29 is 15.0 Å². The highest BCUT2D eigenvalue weighted by molar-refractivity contribution is 5.88. The number of nitrogens with one attached hydrogen (secondary N) is 1. The van der Waals surface area contributed by atoms with Gasteiger partial charge >= 0.3 is 0 Å². The zero-order valence-electron chi connectivity index (χ0n) is 19.9. The second-order valence-corrected chi connectivity index (χ2v) is 9.57. The fraction of sp³-hybridized carbons (Fsp3) is 0.444. The normalized spacial score (nSPS) is 23.9. The van der Waals surface area contributed by atoms with Crippen LogP contribution in [0.25, 0.3) is 0 Å². The zero-order chi connectivity index (χ0) is 23.5. The maximum absolute atomic E-state index is 10.5. The Hall–Kier alpha value is -2.79. The lowest BCUT2D eigenvalue weighted by atomic mass is 9.59. The zero-order valence-corrected chi connectivity index (χ0v) is 19.9. The summed E-state index contributed by atoms with van der Waals surface area (Å²) in [6, 6.07) is 12.9. The molecule has 1 amide bonds. The van der Waals surface area contributed by atoms with Crippen molar-refractivity contribution in [2.24, 2.45) is 5.92 Å². The minimum absolute atomic E-state index is 0.115. The van der Waals surface area contributed by atoms with E-state index in [1.807, 2.05) is 12.1 Å². The Morgan fingerprint density at radius 1 is 1.12 bits per heavy atom. The molecular weight excluding hydrogens is 400 g/mol.